The van der Waals surface area contributed by atoms with Crippen LogP contribution in [0.25, 0.3) is 10.9 Å². The second kappa shape index (κ2) is 6.73. The molecular formula is C20H30N4. The highest BCUT2D eigenvalue weighted by atomic mass is 15.3. The number of aromatic nitrogens is 3. The first kappa shape index (κ1) is 15.9. The van der Waals surface area contributed by atoms with Crippen LogP contribution in [0.1, 0.15) is 81.9 Å². The van der Waals surface area contributed by atoms with Crippen LogP contribution < -0.4 is 5.73 Å². The molecule has 4 nitrogen and oxygen atoms in total. The zero-order valence-electron chi connectivity index (χ0n) is 14.9. The normalized spacial score (nSPS) is 22.0. The number of anilines is 1. The quantitative estimate of drug-likeness (QED) is 0.877. The molecule has 0 radical (unpaired) electrons. The summed E-state index contributed by atoms with van der Waals surface area (Å²) in [4.78, 5) is 4.74. The fourth-order valence-electron chi connectivity index (χ4n) is 4.89. The third-order valence-corrected chi connectivity index (χ3v) is 6.21. The Kier molecular flexibility index (Phi) is 4.47. The van der Waals surface area contributed by atoms with Crippen molar-refractivity contribution in [2.24, 2.45) is 5.92 Å². The lowest BCUT2D eigenvalue weighted by molar-refractivity contribution is 0.318. The molecule has 2 aromatic rings. The summed E-state index contributed by atoms with van der Waals surface area (Å²) in [5.74, 6) is 2.23. The highest BCUT2D eigenvalue weighted by molar-refractivity contribution is 5.90. The monoisotopic (exact) mass is 326 g/mol. The van der Waals surface area contributed by atoms with Crippen LogP contribution in [-0.4, -0.2) is 14.8 Å². The van der Waals surface area contributed by atoms with Crippen molar-refractivity contribution in [1.82, 2.24) is 14.8 Å². The highest BCUT2D eigenvalue weighted by Gasteiger charge is 2.27. The largest absolute Gasteiger partial charge is 0.382 e. The average Bonchev–Trinajstić information content (AvgIpc) is 3.06. The molecule has 130 valence electrons. The van der Waals surface area contributed by atoms with Gasteiger partial charge in [-0.25, -0.2) is 4.98 Å². The molecule has 4 rings (SSSR count). The summed E-state index contributed by atoms with van der Waals surface area (Å²) in [5, 5.41) is 5.92. The van der Waals surface area contributed by atoms with E-state index in [9.17, 15) is 0 Å². The first-order chi connectivity index (χ1) is 11.8. The van der Waals surface area contributed by atoms with Crippen LogP contribution in [0.3, 0.4) is 0 Å². The molecule has 0 spiro atoms. The molecule has 2 heterocycles. The fraction of sp³-hybridized carbons (Fsp3) is 0.700. The summed E-state index contributed by atoms with van der Waals surface area (Å²) in [7, 11) is 0. The Labute approximate surface area is 144 Å². The van der Waals surface area contributed by atoms with Crippen molar-refractivity contribution in [3.05, 3.63) is 17.5 Å². The van der Waals surface area contributed by atoms with Gasteiger partial charge in [0.25, 0.3) is 0 Å². The van der Waals surface area contributed by atoms with Crippen LogP contribution >= 0.6 is 0 Å². The predicted molar refractivity (Wildman–Crippen MR) is 99.1 cm³/mol. The Morgan fingerprint density at radius 2 is 1.96 bits per heavy atom. The van der Waals surface area contributed by atoms with E-state index in [1.54, 1.807) is 0 Å². The maximum atomic E-state index is 6.20. The first-order valence-electron chi connectivity index (χ1n) is 9.91. The molecule has 0 bridgehead atoms. The standard InChI is InChI=1S/C20H30N4/c1-2-24-13-16-18-15(12-11-14-7-4-3-5-8-14)9-6-10-17(18)22-20(21)19(16)23-24/h13-15H,2-12H2,1H3,(H2,21,22). The second-order valence-electron chi connectivity index (χ2n) is 7.78. The summed E-state index contributed by atoms with van der Waals surface area (Å²) >= 11 is 0. The zero-order valence-corrected chi connectivity index (χ0v) is 14.9. The molecule has 24 heavy (non-hydrogen) atoms. The Balaban J connectivity index is 1.63. The third kappa shape index (κ3) is 2.91. The van der Waals surface area contributed by atoms with E-state index in [0.717, 1.165) is 24.4 Å². The summed E-state index contributed by atoms with van der Waals surface area (Å²) in [6.07, 6.45) is 15.8. The minimum Gasteiger partial charge on any atom is -0.382 e. The van der Waals surface area contributed by atoms with Crippen molar-refractivity contribution < 1.29 is 0 Å². The van der Waals surface area contributed by atoms with Gasteiger partial charge in [-0.2, -0.15) is 5.10 Å². The van der Waals surface area contributed by atoms with Gasteiger partial charge in [-0.15, -0.1) is 0 Å². The molecule has 2 aliphatic carbocycles. The van der Waals surface area contributed by atoms with Gasteiger partial charge in [0.1, 0.15) is 5.52 Å². The van der Waals surface area contributed by atoms with Gasteiger partial charge >= 0.3 is 0 Å². The second-order valence-corrected chi connectivity index (χ2v) is 7.78. The average molecular weight is 326 g/mol. The van der Waals surface area contributed by atoms with Gasteiger partial charge in [-0.1, -0.05) is 32.1 Å². The van der Waals surface area contributed by atoms with Crippen LogP contribution in [0.5, 0.6) is 0 Å². The van der Waals surface area contributed by atoms with Gasteiger partial charge in [0.05, 0.1) is 0 Å². The van der Waals surface area contributed by atoms with E-state index in [0.29, 0.717) is 11.7 Å². The maximum absolute atomic E-state index is 6.20. The van der Waals surface area contributed by atoms with Gasteiger partial charge in [0, 0.05) is 23.8 Å². The van der Waals surface area contributed by atoms with Crippen molar-refractivity contribution in [2.75, 3.05) is 5.73 Å². The van der Waals surface area contributed by atoms with Crippen molar-refractivity contribution in [1.29, 1.82) is 0 Å². The Bertz CT molecular complexity index is 712. The van der Waals surface area contributed by atoms with Crippen molar-refractivity contribution in [3.8, 4) is 0 Å². The summed E-state index contributed by atoms with van der Waals surface area (Å²) < 4.78 is 2.01. The number of fused-ring (bicyclic) bond motifs is 3. The molecule has 1 saturated carbocycles. The molecular weight excluding hydrogens is 296 g/mol. The van der Waals surface area contributed by atoms with E-state index in [-0.39, 0.29) is 0 Å². The van der Waals surface area contributed by atoms with Crippen LogP contribution in [-0.2, 0) is 13.0 Å². The Morgan fingerprint density at radius 3 is 2.75 bits per heavy atom. The van der Waals surface area contributed by atoms with Gasteiger partial charge in [0.2, 0.25) is 0 Å². The Hall–Kier alpha value is -1.58. The summed E-state index contributed by atoms with van der Waals surface area (Å²) in [6.45, 7) is 3.01. The Morgan fingerprint density at radius 1 is 1.12 bits per heavy atom. The first-order valence-corrected chi connectivity index (χ1v) is 9.91. The zero-order chi connectivity index (χ0) is 16.5. The number of nitrogen functional groups attached to an aromatic ring is 1. The number of hydrogen-bond donors (Lipinski definition) is 1. The van der Waals surface area contributed by atoms with E-state index in [1.165, 1.54) is 74.4 Å². The van der Waals surface area contributed by atoms with E-state index in [2.05, 4.69) is 18.2 Å². The molecule has 0 saturated heterocycles. The fourth-order valence-corrected chi connectivity index (χ4v) is 4.89. The van der Waals surface area contributed by atoms with Gasteiger partial charge in [0.15, 0.2) is 5.82 Å². The van der Waals surface area contributed by atoms with Crippen LogP contribution in [0.15, 0.2) is 6.20 Å². The van der Waals surface area contributed by atoms with Gasteiger partial charge in [-0.05, 0) is 56.4 Å². The lowest BCUT2D eigenvalue weighted by Crippen LogP contribution is -2.15. The number of pyridine rings is 1. The van der Waals surface area contributed by atoms with E-state index in [1.807, 2.05) is 4.68 Å². The van der Waals surface area contributed by atoms with E-state index >= 15 is 0 Å². The molecule has 0 aliphatic heterocycles. The molecule has 2 aromatic heterocycles. The number of nitrogens with zero attached hydrogens (tertiary/aromatic N) is 3. The predicted octanol–water partition coefficient (Wildman–Crippen LogP) is 4.81. The number of nitrogens with two attached hydrogens (primary N) is 1. The molecule has 2 aliphatic rings. The minimum atomic E-state index is 0.615. The van der Waals surface area contributed by atoms with Gasteiger partial charge < -0.3 is 5.73 Å². The topological polar surface area (TPSA) is 56.7 Å². The lowest BCUT2D eigenvalue weighted by Gasteiger charge is -2.28. The van der Waals surface area contributed by atoms with E-state index in [4.69, 9.17) is 10.7 Å². The molecule has 1 atom stereocenters. The van der Waals surface area contributed by atoms with E-state index < -0.39 is 0 Å². The van der Waals surface area contributed by atoms with Crippen LogP contribution in [0.4, 0.5) is 5.82 Å². The SMILES string of the molecule is CCn1cc2c3c(nc(N)c2n1)CCCC3CCC1CCCCC1. The number of hydrogen-bond acceptors (Lipinski definition) is 3. The smallest absolute Gasteiger partial charge is 0.152 e. The molecule has 1 unspecified atom stereocenters. The van der Waals surface area contributed by atoms with Crippen molar-refractivity contribution in [2.45, 2.75) is 83.6 Å². The van der Waals surface area contributed by atoms with Crippen LogP contribution in [0.2, 0.25) is 0 Å². The summed E-state index contributed by atoms with van der Waals surface area (Å²) in [6, 6.07) is 0. The number of aryl methyl sites for hydroxylation is 2. The van der Waals surface area contributed by atoms with Crippen molar-refractivity contribution in [3.63, 3.8) is 0 Å². The molecule has 1 fully saturated rings. The van der Waals surface area contributed by atoms with Gasteiger partial charge in [-0.3, -0.25) is 4.68 Å². The minimum absolute atomic E-state index is 0.615. The molecule has 0 amide bonds. The molecule has 0 aromatic carbocycles. The van der Waals surface area contributed by atoms with Crippen molar-refractivity contribution >= 4 is 16.7 Å². The summed E-state index contributed by atoms with van der Waals surface area (Å²) in [5.41, 5.74) is 9.83. The molecule has 4 heteroatoms. The maximum Gasteiger partial charge on any atom is 0.152 e. The number of rotatable bonds is 4. The van der Waals surface area contributed by atoms with Crippen LogP contribution in [0, 0.1) is 5.92 Å². The third-order valence-electron chi connectivity index (χ3n) is 6.21. The highest BCUT2D eigenvalue weighted by Crippen LogP contribution is 2.41. The molecule has 2 N–H and O–H groups in total. The lowest BCUT2D eigenvalue weighted by atomic mass is 9.77.